The Morgan fingerprint density at radius 2 is 1.61 bits per heavy atom. The van der Waals surface area contributed by atoms with Crippen LogP contribution in [0.15, 0.2) is 35.5 Å². The van der Waals surface area contributed by atoms with Crippen molar-refractivity contribution in [1.82, 2.24) is 10.6 Å². The highest BCUT2D eigenvalue weighted by Gasteiger charge is 2.50. The lowest BCUT2D eigenvalue weighted by molar-refractivity contribution is -0.157. The fourth-order valence-corrected chi connectivity index (χ4v) is 9.10. The third kappa shape index (κ3) is 9.57. The number of carboxylic acid groups (broad SMARTS) is 1. The van der Waals surface area contributed by atoms with E-state index in [1.54, 1.807) is 0 Å². The predicted octanol–water partition coefficient (Wildman–Crippen LogP) is 5.64. The third-order valence-electron chi connectivity index (χ3n) is 12.0. The maximum Gasteiger partial charge on any atom is 0.309 e. The van der Waals surface area contributed by atoms with E-state index >= 15 is 0 Å². The van der Waals surface area contributed by atoms with Crippen molar-refractivity contribution in [3.05, 3.63) is 35.9 Å². The van der Waals surface area contributed by atoms with Crippen LogP contribution in [0.2, 0.25) is 0 Å². The molecule has 0 radical (unpaired) electrons. The number of Topliss-reactive ketones (excluding diaryl/α,β-unsaturated/α-hetero) is 1. The summed E-state index contributed by atoms with van der Waals surface area (Å²) < 4.78 is 5.44. The molecule has 0 spiro atoms. The SMILES string of the molecule is CC1CCCC(C)C1C(=O)OCC(=O)[C@H](CC(=O)O)NC(=O)C1(Cc2ccccc2)CC([C@@H](NC(=O)C2CCC3CCCCC3C2)C(C)C)=NO1. The maximum atomic E-state index is 14.2. The van der Waals surface area contributed by atoms with Gasteiger partial charge in [-0.2, -0.15) is 0 Å². The summed E-state index contributed by atoms with van der Waals surface area (Å²) in [5.41, 5.74) is -0.305. The van der Waals surface area contributed by atoms with Crippen molar-refractivity contribution in [2.24, 2.45) is 46.6 Å². The van der Waals surface area contributed by atoms with Crippen molar-refractivity contribution in [2.75, 3.05) is 6.61 Å². The lowest BCUT2D eigenvalue weighted by Crippen LogP contribution is -2.55. The molecule has 5 rings (SSSR count). The van der Waals surface area contributed by atoms with Crippen molar-refractivity contribution >= 4 is 35.2 Å². The van der Waals surface area contributed by atoms with Gasteiger partial charge in [-0.15, -0.1) is 0 Å². The fourth-order valence-electron chi connectivity index (χ4n) is 9.10. The molecule has 3 aliphatic carbocycles. The predicted molar refractivity (Wildman–Crippen MR) is 191 cm³/mol. The van der Waals surface area contributed by atoms with Gasteiger partial charge in [-0.3, -0.25) is 24.0 Å². The van der Waals surface area contributed by atoms with Gasteiger partial charge < -0.3 is 25.3 Å². The van der Waals surface area contributed by atoms with Crippen molar-refractivity contribution in [2.45, 2.75) is 129 Å². The lowest BCUT2D eigenvalue weighted by Gasteiger charge is -2.39. The van der Waals surface area contributed by atoms with Crippen LogP contribution >= 0.6 is 0 Å². The number of aliphatic carboxylic acids is 1. The molecule has 1 aromatic carbocycles. The molecule has 8 atom stereocenters. The molecule has 4 aliphatic rings. The molecule has 3 N–H and O–H groups in total. The Morgan fingerprint density at radius 3 is 2.27 bits per heavy atom. The van der Waals surface area contributed by atoms with Crippen molar-refractivity contribution in [3.8, 4) is 0 Å². The Balaban J connectivity index is 1.29. The van der Waals surface area contributed by atoms with Gasteiger partial charge in [0.25, 0.3) is 5.91 Å². The molecule has 6 unspecified atom stereocenters. The standard InChI is InChI=1S/C40H57N3O8/c1-24(2)36(42-37(47)30-18-17-28-15-8-9-16-29(28)19-30)32-22-40(51-43-32,21-27-13-6-5-7-14-27)39(49)41-31(20-34(45)46)33(44)23-50-38(48)35-25(3)11-10-12-26(35)4/h5-7,13-14,24-26,28-31,35-36H,8-12,15-23H2,1-4H3,(H,41,49)(H,42,47)(H,45,46)/t25?,26?,28?,29?,30?,31-,35?,36-,40?/m0/s1. The number of oxime groups is 1. The smallest absolute Gasteiger partial charge is 0.309 e. The minimum Gasteiger partial charge on any atom is -0.481 e. The molecule has 0 aromatic heterocycles. The molecule has 3 saturated carbocycles. The molecule has 280 valence electrons. The first kappa shape index (κ1) is 38.5. The van der Waals surface area contributed by atoms with Crippen LogP contribution in [0.1, 0.15) is 110 Å². The van der Waals surface area contributed by atoms with Crippen LogP contribution in [-0.4, -0.2) is 64.6 Å². The molecule has 51 heavy (non-hydrogen) atoms. The van der Waals surface area contributed by atoms with Gasteiger partial charge in [-0.1, -0.05) is 95.3 Å². The zero-order valence-electron chi connectivity index (χ0n) is 30.7. The van der Waals surface area contributed by atoms with Crippen LogP contribution in [0.4, 0.5) is 0 Å². The number of ether oxygens (including phenoxy) is 1. The van der Waals surface area contributed by atoms with Gasteiger partial charge in [-0.05, 0) is 67.3 Å². The van der Waals surface area contributed by atoms with E-state index in [0.29, 0.717) is 11.6 Å². The summed E-state index contributed by atoms with van der Waals surface area (Å²) in [6.07, 6.45) is 10.1. The average molecular weight is 708 g/mol. The summed E-state index contributed by atoms with van der Waals surface area (Å²) in [6.45, 7) is 7.32. The van der Waals surface area contributed by atoms with E-state index in [0.717, 1.165) is 50.0 Å². The summed E-state index contributed by atoms with van der Waals surface area (Å²) >= 11 is 0. The van der Waals surface area contributed by atoms with Gasteiger partial charge >= 0.3 is 11.9 Å². The number of ketones is 1. The number of carbonyl (C=O) groups excluding carboxylic acids is 4. The number of hydrogen-bond acceptors (Lipinski definition) is 8. The molecule has 1 heterocycles. The summed E-state index contributed by atoms with van der Waals surface area (Å²) in [5, 5.41) is 20.0. The first-order chi connectivity index (χ1) is 24.4. The highest BCUT2D eigenvalue weighted by molar-refractivity contribution is 6.02. The molecule has 0 bridgehead atoms. The number of rotatable bonds is 14. The molecular weight excluding hydrogens is 650 g/mol. The summed E-state index contributed by atoms with van der Waals surface area (Å²) in [4.78, 5) is 72.2. The number of esters is 1. The normalized spacial score (nSPS) is 30.2. The number of hydrogen-bond donors (Lipinski definition) is 3. The Hall–Kier alpha value is -3.76. The molecule has 2 amide bonds. The van der Waals surface area contributed by atoms with Crippen molar-refractivity contribution in [1.29, 1.82) is 0 Å². The number of nitrogens with zero attached hydrogens (tertiary/aromatic N) is 1. The van der Waals surface area contributed by atoms with Gasteiger partial charge in [-0.25, -0.2) is 0 Å². The van der Waals surface area contributed by atoms with Crippen LogP contribution in [-0.2, 0) is 40.0 Å². The van der Waals surface area contributed by atoms with Crippen LogP contribution < -0.4 is 10.6 Å². The molecule has 0 saturated heterocycles. The maximum absolute atomic E-state index is 14.2. The quantitative estimate of drug-likeness (QED) is 0.210. The Morgan fingerprint density at radius 1 is 0.922 bits per heavy atom. The van der Waals surface area contributed by atoms with Gasteiger partial charge in [0.2, 0.25) is 11.5 Å². The van der Waals surface area contributed by atoms with Gasteiger partial charge in [0.15, 0.2) is 12.4 Å². The third-order valence-corrected chi connectivity index (χ3v) is 12.0. The first-order valence-corrected chi connectivity index (χ1v) is 19.2. The number of nitrogens with one attached hydrogen (secondary N) is 2. The summed E-state index contributed by atoms with van der Waals surface area (Å²) in [6, 6.07) is 7.31. The van der Waals surface area contributed by atoms with E-state index < -0.39 is 54.3 Å². The van der Waals surface area contributed by atoms with Crippen LogP contribution in [0.5, 0.6) is 0 Å². The fraction of sp³-hybridized carbons (Fsp3) is 0.700. The monoisotopic (exact) mass is 707 g/mol. The average Bonchev–Trinajstić information content (AvgIpc) is 3.53. The number of benzene rings is 1. The lowest BCUT2D eigenvalue weighted by atomic mass is 9.67. The van der Waals surface area contributed by atoms with Gasteiger partial charge in [0.05, 0.1) is 24.1 Å². The number of carboxylic acids is 1. The molecular formula is C40H57N3O8. The second-order valence-electron chi connectivity index (χ2n) is 16.2. The van der Waals surface area contributed by atoms with E-state index in [1.165, 1.54) is 25.7 Å². The van der Waals surface area contributed by atoms with E-state index in [9.17, 15) is 29.1 Å². The number of amides is 2. The zero-order valence-corrected chi connectivity index (χ0v) is 30.7. The van der Waals surface area contributed by atoms with Gasteiger partial charge in [0.1, 0.15) is 6.04 Å². The number of carbonyl (C=O) groups is 5. The van der Waals surface area contributed by atoms with Crippen molar-refractivity contribution in [3.63, 3.8) is 0 Å². The summed E-state index contributed by atoms with van der Waals surface area (Å²) in [5.74, 6) is -2.09. The minimum absolute atomic E-state index is 0.00381. The van der Waals surface area contributed by atoms with Crippen LogP contribution in [0.3, 0.4) is 0 Å². The second-order valence-corrected chi connectivity index (χ2v) is 16.2. The van der Waals surface area contributed by atoms with Gasteiger partial charge in [0, 0.05) is 18.8 Å². The molecule has 1 aliphatic heterocycles. The zero-order chi connectivity index (χ0) is 36.7. The largest absolute Gasteiger partial charge is 0.481 e. The topological polar surface area (TPSA) is 160 Å². The van der Waals surface area contributed by atoms with E-state index in [-0.39, 0.29) is 48.3 Å². The first-order valence-electron chi connectivity index (χ1n) is 19.2. The van der Waals surface area contributed by atoms with Crippen LogP contribution in [0, 0.1) is 41.4 Å². The number of fused-ring (bicyclic) bond motifs is 1. The minimum atomic E-state index is -1.60. The Bertz CT molecular complexity index is 1440. The second kappa shape index (κ2) is 17.2. The van der Waals surface area contributed by atoms with E-state index in [2.05, 4.69) is 15.8 Å². The highest BCUT2D eigenvalue weighted by Crippen LogP contribution is 2.43. The Kier molecular flexibility index (Phi) is 13.0. The summed E-state index contributed by atoms with van der Waals surface area (Å²) in [7, 11) is 0. The molecule has 11 nitrogen and oxygen atoms in total. The highest BCUT2D eigenvalue weighted by atomic mass is 16.7. The van der Waals surface area contributed by atoms with Crippen molar-refractivity contribution < 1.29 is 38.7 Å². The van der Waals surface area contributed by atoms with E-state index in [4.69, 9.17) is 9.57 Å². The molecule has 3 fully saturated rings. The van der Waals surface area contributed by atoms with E-state index in [1.807, 2.05) is 58.0 Å². The Labute approximate surface area is 302 Å². The molecule has 11 heteroatoms. The van der Waals surface area contributed by atoms with Crippen LogP contribution in [0.25, 0.3) is 0 Å². The molecule has 1 aromatic rings.